The van der Waals surface area contributed by atoms with Gasteiger partial charge in [-0.3, -0.25) is 0 Å². The van der Waals surface area contributed by atoms with Crippen LogP contribution in [0.1, 0.15) is 38.7 Å². The maximum atomic E-state index is 6.49. The molecule has 4 heteroatoms. The molecule has 21 heavy (non-hydrogen) atoms. The van der Waals surface area contributed by atoms with E-state index in [9.17, 15) is 0 Å². The minimum Gasteiger partial charge on any atom is -0.490 e. The Hall–Kier alpha value is -1.42. The highest BCUT2D eigenvalue weighted by molar-refractivity contribution is 5.57. The molecule has 1 N–H and O–H groups in total. The Morgan fingerprint density at radius 2 is 1.86 bits per heavy atom. The van der Waals surface area contributed by atoms with E-state index < -0.39 is 0 Å². The molecule has 1 aromatic rings. The van der Waals surface area contributed by atoms with Crippen LogP contribution in [0.3, 0.4) is 0 Å². The van der Waals surface area contributed by atoms with Gasteiger partial charge in [0, 0.05) is 0 Å². The lowest BCUT2D eigenvalue weighted by molar-refractivity contribution is 0.0135. The number of hydrogen-bond donors (Lipinski definition) is 1. The largest absolute Gasteiger partial charge is 0.490 e. The van der Waals surface area contributed by atoms with Crippen LogP contribution < -0.4 is 19.5 Å². The molecule has 4 nitrogen and oxygen atoms in total. The Kier molecular flexibility index (Phi) is 4.24. The van der Waals surface area contributed by atoms with Crippen LogP contribution in [0.5, 0.6) is 17.2 Å². The van der Waals surface area contributed by atoms with E-state index in [0.29, 0.717) is 13.2 Å². The maximum Gasteiger partial charge on any atom is 0.203 e. The van der Waals surface area contributed by atoms with Gasteiger partial charge in [-0.2, -0.15) is 0 Å². The summed E-state index contributed by atoms with van der Waals surface area (Å²) in [6.07, 6.45) is 4.29. The second-order valence-corrected chi connectivity index (χ2v) is 5.78. The molecular formula is C17H25NO3. The fourth-order valence-corrected chi connectivity index (χ4v) is 3.31. The average molecular weight is 291 g/mol. The van der Waals surface area contributed by atoms with Crippen molar-refractivity contribution in [2.45, 2.75) is 45.1 Å². The van der Waals surface area contributed by atoms with Crippen molar-refractivity contribution in [1.29, 1.82) is 0 Å². The third kappa shape index (κ3) is 2.82. The molecule has 0 aliphatic carbocycles. The molecule has 0 atom stereocenters. The molecule has 0 amide bonds. The summed E-state index contributed by atoms with van der Waals surface area (Å²) in [5, 5.41) is 3.42. The topological polar surface area (TPSA) is 39.7 Å². The predicted molar refractivity (Wildman–Crippen MR) is 82.6 cm³/mol. The lowest BCUT2D eigenvalue weighted by atomic mass is 9.83. The number of rotatable bonds is 4. The van der Waals surface area contributed by atoms with E-state index in [1.165, 1.54) is 5.56 Å². The number of nitrogens with one attached hydrogen (secondary N) is 1. The SMILES string of the molecule is CCOc1ccc2c(c1OCC)OC1(CCNCC1)CC2. The van der Waals surface area contributed by atoms with Crippen molar-refractivity contribution in [1.82, 2.24) is 5.32 Å². The Balaban J connectivity index is 1.95. The molecule has 0 radical (unpaired) electrons. The normalized spacial score (nSPS) is 19.7. The third-order valence-corrected chi connectivity index (χ3v) is 4.43. The highest BCUT2D eigenvalue weighted by Crippen LogP contribution is 2.47. The molecule has 2 aliphatic rings. The van der Waals surface area contributed by atoms with Gasteiger partial charge in [-0.25, -0.2) is 0 Å². The van der Waals surface area contributed by atoms with Crippen LogP contribution in [0.15, 0.2) is 12.1 Å². The molecule has 3 rings (SSSR count). The van der Waals surface area contributed by atoms with E-state index in [1.54, 1.807) is 0 Å². The lowest BCUT2D eigenvalue weighted by Gasteiger charge is -2.42. The zero-order valence-corrected chi connectivity index (χ0v) is 13.0. The highest BCUT2D eigenvalue weighted by Gasteiger charge is 2.39. The fourth-order valence-electron chi connectivity index (χ4n) is 3.31. The van der Waals surface area contributed by atoms with Gasteiger partial charge in [0.1, 0.15) is 5.60 Å². The van der Waals surface area contributed by atoms with Crippen LogP contribution in [-0.2, 0) is 6.42 Å². The molecule has 1 spiro atoms. The predicted octanol–water partition coefficient (Wildman–Crippen LogP) is 2.93. The van der Waals surface area contributed by atoms with Gasteiger partial charge >= 0.3 is 0 Å². The summed E-state index contributed by atoms with van der Waals surface area (Å²) in [6.45, 7) is 7.31. The van der Waals surface area contributed by atoms with Crippen molar-refractivity contribution in [2.24, 2.45) is 0 Å². The first kappa shape index (κ1) is 14.5. The molecular weight excluding hydrogens is 266 g/mol. The zero-order chi connectivity index (χ0) is 14.7. The number of fused-ring (bicyclic) bond motifs is 1. The molecule has 0 saturated carbocycles. The van der Waals surface area contributed by atoms with Crippen molar-refractivity contribution >= 4 is 0 Å². The van der Waals surface area contributed by atoms with Gasteiger partial charge in [-0.15, -0.1) is 0 Å². The molecule has 2 heterocycles. The van der Waals surface area contributed by atoms with Crippen molar-refractivity contribution in [2.75, 3.05) is 26.3 Å². The second kappa shape index (κ2) is 6.14. The standard InChI is InChI=1S/C17H25NO3/c1-3-19-14-6-5-13-7-8-17(9-11-18-12-10-17)21-15(13)16(14)20-4-2/h5-6,18H,3-4,7-12H2,1-2H3. The van der Waals surface area contributed by atoms with Gasteiger partial charge in [0.15, 0.2) is 11.5 Å². The van der Waals surface area contributed by atoms with E-state index in [0.717, 1.165) is 56.0 Å². The molecule has 1 saturated heterocycles. The van der Waals surface area contributed by atoms with Gasteiger partial charge in [0.25, 0.3) is 0 Å². The summed E-state index contributed by atoms with van der Waals surface area (Å²) in [4.78, 5) is 0. The molecule has 1 aromatic carbocycles. The van der Waals surface area contributed by atoms with Crippen LogP contribution in [0, 0.1) is 0 Å². The zero-order valence-electron chi connectivity index (χ0n) is 13.0. The first-order valence-electron chi connectivity index (χ1n) is 8.09. The van der Waals surface area contributed by atoms with E-state index in [1.807, 2.05) is 19.9 Å². The number of piperidine rings is 1. The molecule has 116 valence electrons. The number of benzene rings is 1. The second-order valence-electron chi connectivity index (χ2n) is 5.78. The molecule has 0 bridgehead atoms. The Labute approximate surface area is 126 Å². The summed E-state index contributed by atoms with van der Waals surface area (Å²) < 4.78 is 18.1. The summed E-state index contributed by atoms with van der Waals surface area (Å²) in [5.74, 6) is 2.49. The first-order chi connectivity index (χ1) is 10.3. The number of ether oxygens (including phenoxy) is 3. The first-order valence-corrected chi connectivity index (χ1v) is 8.09. The van der Waals surface area contributed by atoms with E-state index in [-0.39, 0.29) is 5.60 Å². The van der Waals surface area contributed by atoms with Gasteiger partial charge in [-0.05, 0) is 64.3 Å². The van der Waals surface area contributed by atoms with Gasteiger partial charge in [0.05, 0.1) is 13.2 Å². The van der Waals surface area contributed by atoms with Gasteiger partial charge in [0.2, 0.25) is 5.75 Å². The molecule has 0 aromatic heterocycles. The monoisotopic (exact) mass is 291 g/mol. The van der Waals surface area contributed by atoms with Crippen molar-refractivity contribution in [3.63, 3.8) is 0 Å². The summed E-state index contributed by atoms with van der Waals surface area (Å²) >= 11 is 0. The lowest BCUT2D eigenvalue weighted by Crippen LogP contribution is -2.48. The van der Waals surface area contributed by atoms with Crippen LogP contribution in [-0.4, -0.2) is 31.9 Å². The summed E-state index contributed by atoms with van der Waals surface area (Å²) in [6, 6.07) is 4.13. The Bertz CT molecular complexity index is 495. The summed E-state index contributed by atoms with van der Waals surface area (Å²) in [5.41, 5.74) is 1.22. The van der Waals surface area contributed by atoms with E-state index >= 15 is 0 Å². The Morgan fingerprint density at radius 3 is 2.57 bits per heavy atom. The quantitative estimate of drug-likeness (QED) is 0.926. The Morgan fingerprint density at radius 1 is 1.10 bits per heavy atom. The van der Waals surface area contributed by atoms with Gasteiger partial charge in [-0.1, -0.05) is 6.07 Å². The molecule has 2 aliphatic heterocycles. The third-order valence-electron chi connectivity index (χ3n) is 4.43. The molecule has 0 unspecified atom stereocenters. The van der Waals surface area contributed by atoms with Gasteiger partial charge < -0.3 is 19.5 Å². The summed E-state index contributed by atoms with van der Waals surface area (Å²) in [7, 11) is 0. The highest BCUT2D eigenvalue weighted by atomic mass is 16.6. The van der Waals surface area contributed by atoms with Crippen LogP contribution in [0.4, 0.5) is 0 Å². The van der Waals surface area contributed by atoms with Crippen LogP contribution >= 0.6 is 0 Å². The van der Waals surface area contributed by atoms with Crippen molar-refractivity contribution < 1.29 is 14.2 Å². The van der Waals surface area contributed by atoms with E-state index in [4.69, 9.17) is 14.2 Å². The van der Waals surface area contributed by atoms with Crippen molar-refractivity contribution in [3.8, 4) is 17.2 Å². The van der Waals surface area contributed by atoms with Crippen LogP contribution in [0.25, 0.3) is 0 Å². The molecule has 1 fully saturated rings. The fraction of sp³-hybridized carbons (Fsp3) is 0.647. The smallest absolute Gasteiger partial charge is 0.203 e. The average Bonchev–Trinajstić information content (AvgIpc) is 2.51. The minimum absolute atomic E-state index is 0.0189. The minimum atomic E-state index is -0.0189. The van der Waals surface area contributed by atoms with E-state index in [2.05, 4.69) is 11.4 Å². The number of hydrogen-bond acceptors (Lipinski definition) is 4. The maximum absolute atomic E-state index is 6.49. The number of aryl methyl sites for hydroxylation is 1. The van der Waals surface area contributed by atoms with Crippen molar-refractivity contribution in [3.05, 3.63) is 17.7 Å². The van der Waals surface area contributed by atoms with Crippen LogP contribution in [0.2, 0.25) is 0 Å².